The summed E-state index contributed by atoms with van der Waals surface area (Å²) in [5.41, 5.74) is 2.98. The maximum Gasteiger partial charge on any atom is 0.246 e. The van der Waals surface area contributed by atoms with E-state index in [1.165, 1.54) is 4.80 Å². The molecule has 0 N–H and O–H groups in total. The number of hydrogen-bond acceptors (Lipinski definition) is 4. The molecule has 0 aliphatic carbocycles. The summed E-state index contributed by atoms with van der Waals surface area (Å²) in [6.07, 6.45) is 0. The van der Waals surface area contributed by atoms with Crippen LogP contribution in [0.25, 0.3) is 11.4 Å². The van der Waals surface area contributed by atoms with E-state index in [1.54, 1.807) is 0 Å². The molecular formula is C23H20BrN5O. The summed E-state index contributed by atoms with van der Waals surface area (Å²) in [6.45, 7) is 1.05. The molecule has 1 amide bonds. The van der Waals surface area contributed by atoms with Gasteiger partial charge in [0.25, 0.3) is 0 Å². The second-order valence-corrected chi connectivity index (χ2v) is 7.70. The average molecular weight is 462 g/mol. The highest BCUT2D eigenvalue weighted by molar-refractivity contribution is 9.10. The highest BCUT2D eigenvalue weighted by Gasteiger charge is 2.18. The molecule has 0 spiro atoms. The van der Waals surface area contributed by atoms with Crippen LogP contribution in [0, 0.1) is 0 Å². The maximum absolute atomic E-state index is 13.1. The van der Waals surface area contributed by atoms with E-state index >= 15 is 0 Å². The van der Waals surface area contributed by atoms with Crippen LogP contribution in [0.4, 0.5) is 0 Å². The van der Waals surface area contributed by atoms with E-state index in [1.807, 2.05) is 89.8 Å². The number of aromatic nitrogens is 4. The maximum atomic E-state index is 13.1. The van der Waals surface area contributed by atoms with E-state index in [9.17, 15) is 4.79 Å². The second-order valence-electron chi connectivity index (χ2n) is 6.84. The number of carbonyl (C=O) groups is 1. The van der Waals surface area contributed by atoms with Gasteiger partial charge in [-0.25, -0.2) is 0 Å². The number of benzene rings is 3. The van der Waals surface area contributed by atoms with E-state index in [-0.39, 0.29) is 12.5 Å². The Hall–Kier alpha value is -3.32. The van der Waals surface area contributed by atoms with Crippen LogP contribution >= 0.6 is 15.9 Å². The zero-order chi connectivity index (χ0) is 20.8. The van der Waals surface area contributed by atoms with Gasteiger partial charge in [-0.3, -0.25) is 4.79 Å². The van der Waals surface area contributed by atoms with Crippen molar-refractivity contribution in [3.05, 3.63) is 101 Å². The molecule has 1 aromatic heterocycles. The Kier molecular flexibility index (Phi) is 6.29. The fraction of sp³-hybridized carbons (Fsp3) is 0.130. The van der Waals surface area contributed by atoms with Gasteiger partial charge in [0.1, 0.15) is 6.54 Å². The molecule has 3 aromatic carbocycles. The highest BCUT2D eigenvalue weighted by atomic mass is 79.9. The van der Waals surface area contributed by atoms with Gasteiger partial charge in [-0.1, -0.05) is 88.7 Å². The lowest BCUT2D eigenvalue weighted by Gasteiger charge is -2.23. The molecule has 0 fully saturated rings. The Morgan fingerprint density at radius 2 is 1.40 bits per heavy atom. The molecule has 1 heterocycles. The average Bonchev–Trinajstić information content (AvgIpc) is 3.23. The van der Waals surface area contributed by atoms with Crippen LogP contribution in [0.1, 0.15) is 11.1 Å². The fourth-order valence-corrected chi connectivity index (χ4v) is 3.58. The van der Waals surface area contributed by atoms with Crippen molar-refractivity contribution in [1.29, 1.82) is 0 Å². The van der Waals surface area contributed by atoms with Crippen molar-refractivity contribution in [3.63, 3.8) is 0 Å². The summed E-state index contributed by atoms with van der Waals surface area (Å²) in [6, 6.07) is 27.6. The van der Waals surface area contributed by atoms with Crippen LogP contribution in [0.15, 0.2) is 89.4 Å². The van der Waals surface area contributed by atoms with Crippen LogP contribution in [0.5, 0.6) is 0 Å². The SMILES string of the molecule is O=C(Cn1nnc(-c2ccccc2Br)n1)N(Cc1ccccc1)Cc1ccccc1. The number of amides is 1. The molecule has 4 aromatic rings. The van der Waals surface area contributed by atoms with E-state index in [0.717, 1.165) is 21.2 Å². The van der Waals surface area contributed by atoms with Gasteiger partial charge in [-0.15, -0.1) is 10.2 Å². The molecule has 0 atom stereocenters. The van der Waals surface area contributed by atoms with Gasteiger partial charge in [0.15, 0.2) is 0 Å². The molecule has 0 unspecified atom stereocenters. The van der Waals surface area contributed by atoms with Crippen LogP contribution in [-0.2, 0) is 24.4 Å². The van der Waals surface area contributed by atoms with Crippen molar-refractivity contribution < 1.29 is 4.79 Å². The molecule has 0 radical (unpaired) electrons. The quantitative estimate of drug-likeness (QED) is 0.410. The summed E-state index contributed by atoms with van der Waals surface area (Å²) < 4.78 is 0.880. The summed E-state index contributed by atoms with van der Waals surface area (Å²) in [5, 5.41) is 12.6. The molecule has 0 bridgehead atoms. The first-order valence-corrected chi connectivity index (χ1v) is 10.4. The molecule has 0 saturated carbocycles. The summed E-state index contributed by atoms with van der Waals surface area (Å²) in [5.74, 6) is 0.409. The van der Waals surface area contributed by atoms with Gasteiger partial charge in [0, 0.05) is 23.1 Å². The number of tetrazole rings is 1. The summed E-state index contributed by atoms with van der Waals surface area (Å²) in [7, 11) is 0. The zero-order valence-corrected chi connectivity index (χ0v) is 17.8. The molecule has 150 valence electrons. The molecule has 30 heavy (non-hydrogen) atoms. The summed E-state index contributed by atoms with van der Waals surface area (Å²) >= 11 is 3.50. The normalized spacial score (nSPS) is 10.7. The first-order chi connectivity index (χ1) is 14.7. The van der Waals surface area contributed by atoms with E-state index in [0.29, 0.717) is 18.9 Å². The Morgan fingerprint density at radius 3 is 2.00 bits per heavy atom. The van der Waals surface area contributed by atoms with Gasteiger partial charge >= 0.3 is 0 Å². The Morgan fingerprint density at radius 1 is 0.833 bits per heavy atom. The van der Waals surface area contributed by atoms with Crippen LogP contribution in [-0.4, -0.2) is 31.0 Å². The number of hydrogen-bond donors (Lipinski definition) is 0. The number of nitrogens with zero attached hydrogens (tertiary/aromatic N) is 5. The first-order valence-electron chi connectivity index (χ1n) is 9.57. The van der Waals surface area contributed by atoms with Crippen LogP contribution in [0.2, 0.25) is 0 Å². The lowest BCUT2D eigenvalue weighted by Crippen LogP contribution is -2.33. The Labute approximate surface area is 183 Å². The Balaban J connectivity index is 1.52. The lowest BCUT2D eigenvalue weighted by molar-refractivity contribution is -0.133. The monoisotopic (exact) mass is 461 g/mol. The second kappa shape index (κ2) is 9.45. The van der Waals surface area contributed by atoms with Crippen LogP contribution in [0.3, 0.4) is 0 Å². The first kappa shape index (κ1) is 20.0. The minimum atomic E-state index is -0.0706. The van der Waals surface area contributed by atoms with Gasteiger partial charge in [-0.05, 0) is 28.5 Å². The third-order valence-electron chi connectivity index (χ3n) is 4.63. The van der Waals surface area contributed by atoms with E-state index in [2.05, 4.69) is 31.3 Å². The van der Waals surface area contributed by atoms with Crippen molar-refractivity contribution in [2.75, 3.05) is 0 Å². The van der Waals surface area contributed by atoms with Crippen molar-refractivity contribution in [2.24, 2.45) is 0 Å². The van der Waals surface area contributed by atoms with E-state index < -0.39 is 0 Å². The third-order valence-corrected chi connectivity index (χ3v) is 5.32. The number of carbonyl (C=O) groups excluding carboxylic acids is 1. The van der Waals surface area contributed by atoms with Gasteiger partial charge in [0.05, 0.1) is 0 Å². The standard InChI is InChI=1S/C23H20BrN5O/c24-21-14-8-7-13-20(21)23-25-27-29(26-23)17-22(30)28(15-18-9-3-1-4-10-18)16-19-11-5-2-6-12-19/h1-14H,15-17H2. The molecule has 6 nitrogen and oxygen atoms in total. The van der Waals surface area contributed by atoms with Gasteiger partial charge < -0.3 is 4.90 Å². The third kappa shape index (κ3) is 4.99. The lowest BCUT2D eigenvalue weighted by atomic mass is 10.1. The molecule has 0 saturated heterocycles. The van der Waals surface area contributed by atoms with Gasteiger partial charge in [0.2, 0.25) is 11.7 Å². The largest absolute Gasteiger partial charge is 0.332 e. The topological polar surface area (TPSA) is 63.9 Å². The minimum absolute atomic E-state index is 0.0249. The predicted octanol–water partition coefficient (Wildman–Crippen LogP) is 4.33. The van der Waals surface area contributed by atoms with Crippen molar-refractivity contribution >= 4 is 21.8 Å². The molecule has 0 aliphatic heterocycles. The van der Waals surface area contributed by atoms with Crippen molar-refractivity contribution in [1.82, 2.24) is 25.1 Å². The smallest absolute Gasteiger partial charge is 0.246 e. The molecule has 7 heteroatoms. The molecular weight excluding hydrogens is 442 g/mol. The highest BCUT2D eigenvalue weighted by Crippen LogP contribution is 2.24. The van der Waals surface area contributed by atoms with Crippen LogP contribution < -0.4 is 0 Å². The predicted molar refractivity (Wildman–Crippen MR) is 118 cm³/mol. The molecule has 4 rings (SSSR count). The minimum Gasteiger partial charge on any atom is -0.332 e. The van der Waals surface area contributed by atoms with Crippen molar-refractivity contribution in [3.8, 4) is 11.4 Å². The van der Waals surface area contributed by atoms with Crippen molar-refractivity contribution in [2.45, 2.75) is 19.6 Å². The van der Waals surface area contributed by atoms with Gasteiger partial charge in [-0.2, -0.15) is 4.80 Å². The Bertz CT molecular complexity index is 1070. The fourth-order valence-electron chi connectivity index (χ4n) is 3.12. The number of halogens is 1. The summed E-state index contributed by atoms with van der Waals surface area (Å²) in [4.78, 5) is 16.3. The number of rotatable bonds is 7. The van der Waals surface area contributed by atoms with E-state index in [4.69, 9.17) is 0 Å². The zero-order valence-electron chi connectivity index (χ0n) is 16.2. The molecule has 0 aliphatic rings.